The molecule has 1 heterocycles. The SMILES string of the molecule is C=C(C)COCCNS(=O)(=O)c1cn(C)nc1N. The molecule has 0 fully saturated rings. The van der Waals surface area contributed by atoms with Gasteiger partial charge in [0, 0.05) is 19.8 Å². The Morgan fingerprint density at radius 1 is 1.67 bits per heavy atom. The Morgan fingerprint density at radius 3 is 2.83 bits per heavy atom. The first-order valence-corrected chi connectivity index (χ1v) is 6.82. The molecule has 0 amide bonds. The number of nitrogens with zero attached hydrogens (tertiary/aromatic N) is 2. The van der Waals surface area contributed by atoms with Crippen molar-refractivity contribution in [3.8, 4) is 0 Å². The normalized spacial score (nSPS) is 11.7. The molecule has 1 aromatic heterocycles. The Balaban J connectivity index is 2.51. The summed E-state index contributed by atoms with van der Waals surface area (Å²) in [5.74, 6) is -0.0205. The highest BCUT2D eigenvalue weighted by Gasteiger charge is 2.19. The lowest BCUT2D eigenvalue weighted by Gasteiger charge is -2.06. The maximum Gasteiger partial charge on any atom is 0.245 e. The lowest BCUT2D eigenvalue weighted by molar-refractivity contribution is 0.162. The number of sulfonamides is 1. The lowest BCUT2D eigenvalue weighted by atomic mass is 10.4. The number of anilines is 1. The molecule has 0 saturated carbocycles. The summed E-state index contributed by atoms with van der Waals surface area (Å²) < 4.78 is 32.6. The van der Waals surface area contributed by atoms with E-state index in [1.54, 1.807) is 7.05 Å². The minimum atomic E-state index is -3.63. The van der Waals surface area contributed by atoms with Gasteiger partial charge >= 0.3 is 0 Å². The predicted molar refractivity (Wildman–Crippen MR) is 68.4 cm³/mol. The third-order valence-corrected chi connectivity index (χ3v) is 3.48. The number of aryl methyl sites for hydroxylation is 1. The molecule has 3 N–H and O–H groups in total. The summed E-state index contributed by atoms with van der Waals surface area (Å²) in [4.78, 5) is -0.0232. The lowest BCUT2D eigenvalue weighted by Crippen LogP contribution is -2.28. The first-order valence-electron chi connectivity index (χ1n) is 5.34. The number of aromatic nitrogens is 2. The molecule has 0 saturated heterocycles. The van der Waals surface area contributed by atoms with Crippen LogP contribution < -0.4 is 10.5 Å². The van der Waals surface area contributed by atoms with E-state index >= 15 is 0 Å². The van der Waals surface area contributed by atoms with Crippen LogP contribution in [0.25, 0.3) is 0 Å². The molecule has 0 radical (unpaired) electrons. The van der Waals surface area contributed by atoms with Crippen molar-refractivity contribution < 1.29 is 13.2 Å². The fourth-order valence-electron chi connectivity index (χ4n) is 1.26. The van der Waals surface area contributed by atoms with Crippen molar-refractivity contribution in [3.05, 3.63) is 18.3 Å². The van der Waals surface area contributed by atoms with Gasteiger partial charge in [-0.05, 0) is 6.92 Å². The zero-order chi connectivity index (χ0) is 13.8. The molecule has 0 aromatic carbocycles. The molecule has 1 rings (SSSR count). The van der Waals surface area contributed by atoms with Gasteiger partial charge in [-0.25, -0.2) is 13.1 Å². The van der Waals surface area contributed by atoms with Crippen molar-refractivity contribution in [2.75, 3.05) is 25.5 Å². The minimum absolute atomic E-state index is 0.0205. The van der Waals surface area contributed by atoms with Crippen molar-refractivity contribution in [2.45, 2.75) is 11.8 Å². The molecule has 0 atom stereocenters. The van der Waals surface area contributed by atoms with Crippen LogP contribution in [-0.2, 0) is 21.8 Å². The highest BCUT2D eigenvalue weighted by Crippen LogP contribution is 2.14. The van der Waals surface area contributed by atoms with Crippen molar-refractivity contribution in [3.63, 3.8) is 0 Å². The number of hydrogen-bond acceptors (Lipinski definition) is 5. The number of hydrogen-bond donors (Lipinski definition) is 2. The van der Waals surface area contributed by atoms with E-state index in [4.69, 9.17) is 10.5 Å². The number of nitrogen functional groups attached to an aromatic ring is 1. The fraction of sp³-hybridized carbons (Fsp3) is 0.500. The van der Waals surface area contributed by atoms with Crippen molar-refractivity contribution >= 4 is 15.8 Å². The zero-order valence-electron chi connectivity index (χ0n) is 10.5. The Morgan fingerprint density at radius 2 is 2.33 bits per heavy atom. The van der Waals surface area contributed by atoms with Crippen LogP contribution in [0.4, 0.5) is 5.82 Å². The standard InChI is InChI=1S/C10H18N4O3S/c1-8(2)7-17-5-4-12-18(15,16)9-6-14(3)13-10(9)11/h6,12H,1,4-5,7H2,2-3H3,(H2,11,13). The number of nitrogens with one attached hydrogen (secondary N) is 1. The van der Waals surface area contributed by atoms with Gasteiger partial charge in [0.15, 0.2) is 5.82 Å². The average Bonchev–Trinajstić information content (AvgIpc) is 2.57. The minimum Gasteiger partial charge on any atom is -0.381 e. The average molecular weight is 274 g/mol. The molecule has 0 spiro atoms. The monoisotopic (exact) mass is 274 g/mol. The summed E-state index contributed by atoms with van der Waals surface area (Å²) in [5, 5.41) is 3.78. The summed E-state index contributed by atoms with van der Waals surface area (Å²) in [6.07, 6.45) is 1.35. The molecule has 0 aliphatic carbocycles. The first-order chi connectivity index (χ1) is 8.33. The van der Waals surface area contributed by atoms with Gasteiger partial charge < -0.3 is 10.5 Å². The molecular weight excluding hydrogens is 256 g/mol. The van der Waals surface area contributed by atoms with Crippen molar-refractivity contribution in [2.24, 2.45) is 7.05 Å². The highest BCUT2D eigenvalue weighted by molar-refractivity contribution is 7.89. The van der Waals surface area contributed by atoms with Crippen LogP contribution in [0.15, 0.2) is 23.2 Å². The molecule has 0 aliphatic heterocycles. The fourth-order valence-corrected chi connectivity index (χ4v) is 2.38. The van der Waals surface area contributed by atoms with Gasteiger partial charge in [-0.1, -0.05) is 12.2 Å². The molecule has 0 unspecified atom stereocenters. The largest absolute Gasteiger partial charge is 0.381 e. The van der Waals surface area contributed by atoms with Crippen LogP contribution in [0.5, 0.6) is 0 Å². The maximum atomic E-state index is 11.8. The van der Waals surface area contributed by atoms with E-state index in [0.717, 1.165) is 5.57 Å². The molecule has 0 aliphatic rings. The van der Waals surface area contributed by atoms with Gasteiger partial charge in [0.25, 0.3) is 0 Å². The van der Waals surface area contributed by atoms with Crippen molar-refractivity contribution in [1.82, 2.24) is 14.5 Å². The highest BCUT2D eigenvalue weighted by atomic mass is 32.2. The molecule has 0 bridgehead atoms. The summed E-state index contributed by atoms with van der Waals surface area (Å²) in [7, 11) is -2.03. The van der Waals surface area contributed by atoms with E-state index < -0.39 is 10.0 Å². The molecule has 1 aromatic rings. The van der Waals surface area contributed by atoms with E-state index in [-0.39, 0.29) is 23.9 Å². The Hall–Kier alpha value is -1.38. The Kier molecular flexibility index (Phi) is 4.88. The number of rotatable bonds is 7. The van der Waals surface area contributed by atoms with Gasteiger partial charge in [0.1, 0.15) is 4.90 Å². The third kappa shape index (κ3) is 4.13. The summed E-state index contributed by atoms with van der Waals surface area (Å²) in [5.41, 5.74) is 6.39. The van der Waals surface area contributed by atoms with Crippen LogP contribution >= 0.6 is 0 Å². The van der Waals surface area contributed by atoms with E-state index in [0.29, 0.717) is 6.61 Å². The number of nitrogens with two attached hydrogens (primary N) is 1. The molecular formula is C10H18N4O3S. The molecule has 102 valence electrons. The second-order valence-electron chi connectivity index (χ2n) is 3.96. The zero-order valence-corrected chi connectivity index (χ0v) is 11.3. The summed E-state index contributed by atoms with van der Waals surface area (Å²) in [6, 6.07) is 0. The van der Waals surface area contributed by atoms with Gasteiger partial charge in [0.05, 0.1) is 13.2 Å². The van der Waals surface area contributed by atoms with E-state index in [1.165, 1.54) is 10.9 Å². The Labute approximate surface area is 107 Å². The second-order valence-corrected chi connectivity index (χ2v) is 5.70. The topological polar surface area (TPSA) is 99.2 Å². The van der Waals surface area contributed by atoms with Gasteiger partial charge in [-0.3, -0.25) is 4.68 Å². The van der Waals surface area contributed by atoms with E-state index in [1.807, 2.05) is 6.92 Å². The van der Waals surface area contributed by atoms with Gasteiger partial charge in [0.2, 0.25) is 10.0 Å². The molecule has 7 nitrogen and oxygen atoms in total. The summed E-state index contributed by atoms with van der Waals surface area (Å²) >= 11 is 0. The van der Waals surface area contributed by atoms with Crippen LogP contribution in [0.2, 0.25) is 0 Å². The van der Waals surface area contributed by atoms with Crippen molar-refractivity contribution in [1.29, 1.82) is 0 Å². The second kappa shape index (κ2) is 5.98. The van der Waals surface area contributed by atoms with Crippen LogP contribution in [0.1, 0.15) is 6.92 Å². The third-order valence-electron chi connectivity index (χ3n) is 2.00. The Bertz CT molecular complexity index is 521. The first kappa shape index (κ1) is 14.7. The van der Waals surface area contributed by atoms with Crippen LogP contribution in [0.3, 0.4) is 0 Å². The summed E-state index contributed by atoms with van der Waals surface area (Å²) in [6.45, 7) is 6.36. The smallest absolute Gasteiger partial charge is 0.245 e. The molecule has 8 heteroatoms. The van der Waals surface area contributed by atoms with Gasteiger partial charge in [-0.2, -0.15) is 5.10 Å². The predicted octanol–water partition coefficient (Wildman–Crippen LogP) is -0.127. The maximum absolute atomic E-state index is 11.8. The van der Waals surface area contributed by atoms with E-state index in [2.05, 4.69) is 16.4 Å². The van der Waals surface area contributed by atoms with Crippen LogP contribution in [-0.4, -0.2) is 38.0 Å². The van der Waals surface area contributed by atoms with E-state index in [9.17, 15) is 8.42 Å². The van der Waals surface area contributed by atoms with Gasteiger partial charge in [-0.15, -0.1) is 0 Å². The molecule has 18 heavy (non-hydrogen) atoms. The number of ether oxygens (including phenoxy) is 1. The quantitative estimate of drug-likeness (QED) is 0.533. The van der Waals surface area contributed by atoms with Crippen LogP contribution in [0, 0.1) is 0 Å².